The van der Waals surface area contributed by atoms with Crippen LogP contribution in [0.3, 0.4) is 0 Å². The maximum Gasteiger partial charge on any atom is 0.220 e. The van der Waals surface area contributed by atoms with Crippen molar-refractivity contribution in [2.45, 2.75) is 57.3 Å². The summed E-state index contributed by atoms with van der Waals surface area (Å²) < 4.78 is 5.14. The Balaban J connectivity index is 0.00000192. The zero-order valence-electron chi connectivity index (χ0n) is 13.7. The van der Waals surface area contributed by atoms with Crippen molar-refractivity contribution in [1.29, 1.82) is 0 Å². The number of fused-ring (bicyclic) bond motifs is 2. The van der Waals surface area contributed by atoms with E-state index >= 15 is 0 Å². The summed E-state index contributed by atoms with van der Waals surface area (Å²) in [5.41, 5.74) is 2.28. The van der Waals surface area contributed by atoms with E-state index in [1.54, 1.807) is 7.11 Å². The fourth-order valence-electron chi connectivity index (χ4n) is 3.87. The smallest absolute Gasteiger partial charge is 0.220 e. The molecule has 2 aliphatic heterocycles. The van der Waals surface area contributed by atoms with Gasteiger partial charge in [-0.15, -0.1) is 12.4 Å². The number of carbonyl (C=O) groups is 1. The minimum Gasteiger partial charge on any atom is -0.380 e. The van der Waals surface area contributed by atoms with Gasteiger partial charge < -0.3 is 15.4 Å². The van der Waals surface area contributed by atoms with Crippen LogP contribution in [-0.2, 0) is 22.7 Å². The van der Waals surface area contributed by atoms with Crippen molar-refractivity contribution >= 4 is 18.3 Å². The van der Waals surface area contributed by atoms with Crippen LogP contribution in [0.1, 0.15) is 43.2 Å². The Morgan fingerprint density at radius 2 is 1.96 bits per heavy atom. The molecule has 0 saturated carbocycles. The Morgan fingerprint density at radius 3 is 2.65 bits per heavy atom. The molecule has 5 heteroatoms. The SMILES string of the molecule is COCc1cccc(CNC(=O)CC2CC3CCC(C2)N3)c1.Cl. The molecule has 0 aromatic heterocycles. The van der Waals surface area contributed by atoms with Crippen LogP contribution >= 0.6 is 12.4 Å². The molecule has 2 aliphatic rings. The van der Waals surface area contributed by atoms with Crippen molar-refractivity contribution in [2.24, 2.45) is 5.92 Å². The summed E-state index contributed by atoms with van der Waals surface area (Å²) in [7, 11) is 1.70. The van der Waals surface area contributed by atoms with E-state index in [9.17, 15) is 4.79 Å². The Kier molecular flexibility index (Phi) is 6.88. The maximum absolute atomic E-state index is 12.2. The highest BCUT2D eigenvalue weighted by atomic mass is 35.5. The van der Waals surface area contributed by atoms with Crippen molar-refractivity contribution in [3.05, 3.63) is 35.4 Å². The Labute approximate surface area is 144 Å². The highest BCUT2D eigenvalue weighted by Crippen LogP contribution is 2.32. The number of nitrogens with one attached hydrogen (secondary N) is 2. The number of amides is 1. The first-order chi connectivity index (χ1) is 10.7. The van der Waals surface area contributed by atoms with Crippen LogP contribution in [0.2, 0.25) is 0 Å². The van der Waals surface area contributed by atoms with Gasteiger partial charge in [0.25, 0.3) is 0 Å². The Bertz CT molecular complexity index is 511. The summed E-state index contributed by atoms with van der Waals surface area (Å²) >= 11 is 0. The van der Waals surface area contributed by atoms with Gasteiger partial charge in [0.15, 0.2) is 0 Å². The summed E-state index contributed by atoms with van der Waals surface area (Å²) in [6.45, 7) is 1.22. The second kappa shape index (κ2) is 8.67. The van der Waals surface area contributed by atoms with Gasteiger partial charge in [0.2, 0.25) is 5.91 Å². The van der Waals surface area contributed by atoms with Gasteiger partial charge in [-0.1, -0.05) is 24.3 Å². The third kappa shape index (κ3) is 5.20. The minimum atomic E-state index is 0. The van der Waals surface area contributed by atoms with E-state index in [0.717, 1.165) is 24.0 Å². The molecule has 3 rings (SSSR count). The van der Waals surface area contributed by atoms with E-state index in [1.807, 2.05) is 18.2 Å². The first-order valence-corrected chi connectivity index (χ1v) is 8.32. The number of rotatable bonds is 6. The molecular formula is C18H27ClN2O2. The number of carbonyl (C=O) groups excluding carboxylic acids is 1. The van der Waals surface area contributed by atoms with Crippen LogP contribution in [0.15, 0.2) is 24.3 Å². The summed E-state index contributed by atoms with van der Waals surface area (Å²) in [5.74, 6) is 0.738. The van der Waals surface area contributed by atoms with Crippen molar-refractivity contribution in [2.75, 3.05) is 7.11 Å². The molecule has 2 bridgehead atoms. The molecule has 0 radical (unpaired) electrons. The van der Waals surface area contributed by atoms with Crippen molar-refractivity contribution in [1.82, 2.24) is 10.6 Å². The van der Waals surface area contributed by atoms with Crippen LogP contribution < -0.4 is 10.6 Å². The van der Waals surface area contributed by atoms with Gasteiger partial charge >= 0.3 is 0 Å². The maximum atomic E-state index is 12.2. The molecule has 23 heavy (non-hydrogen) atoms. The van der Waals surface area contributed by atoms with Gasteiger partial charge in [-0.25, -0.2) is 0 Å². The average molecular weight is 339 g/mol. The van der Waals surface area contributed by atoms with Crippen molar-refractivity contribution in [3.63, 3.8) is 0 Å². The van der Waals surface area contributed by atoms with Gasteiger partial charge in [0.05, 0.1) is 6.61 Å². The second-order valence-electron chi connectivity index (χ2n) is 6.71. The molecular weight excluding hydrogens is 312 g/mol. The lowest BCUT2D eigenvalue weighted by Gasteiger charge is -2.28. The van der Waals surface area contributed by atoms with Crippen LogP contribution in [0.4, 0.5) is 0 Å². The predicted molar refractivity (Wildman–Crippen MR) is 93.5 cm³/mol. The third-order valence-electron chi connectivity index (χ3n) is 4.84. The molecule has 2 heterocycles. The van der Waals surface area contributed by atoms with Gasteiger partial charge in [0.1, 0.15) is 0 Å². The van der Waals surface area contributed by atoms with E-state index < -0.39 is 0 Å². The number of piperidine rings is 1. The molecule has 0 spiro atoms. The number of halogens is 1. The largest absolute Gasteiger partial charge is 0.380 e. The molecule has 1 aromatic rings. The topological polar surface area (TPSA) is 50.4 Å². The summed E-state index contributed by atoms with van der Waals surface area (Å²) in [6.07, 6.45) is 5.57. The van der Waals surface area contributed by atoms with Crippen LogP contribution in [0.5, 0.6) is 0 Å². The first-order valence-electron chi connectivity index (χ1n) is 8.32. The third-order valence-corrected chi connectivity index (χ3v) is 4.84. The molecule has 1 amide bonds. The molecule has 2 atom stereocenters. The molecule has 2 saturated heterocycles. The van der Waals surface area contributed by atoms with Crippen LogP contribution in [-0.4, -0.2) is 25.1 Å². The fourth-order valence-corrected chi connectivity index (χ4v) is 3.87. The van der Waals surface area contributed by atoms with E-state index in [-0.39, 0.29) is 18.3 Å². The number of ether oxygens (including phenoxy) is 1. The quantitative estimate of drug-likeness (QED) is 0.838. The lowest BCUT2D eigenvalue weighted by Crippen LogP contribution is -2.39. The molecule has 2 fully saturated rings. The normalized spacial score (nSPS) is 25.7. The summed E-state index contributed by atoms with van der Waals surface area (Å²) in [5, 5.41) is 6.69. The standard InChI is InChI=1S/C18H26N2O2.ClH/c1-22-12-14-4-2-3-13(7-14)11-19-18(21)10-15-8-16-5-6-17(9-15)20-16;/h2-4,7,15-17,20H,5-6,8-12H2,1H3,(H,19,21);1H. The second-order valence-corrected chi connectivity index (χ2v) is 6.71. The van der Waals surface area contributed by atoms with Crippen LogP contribution in [0, 0.1) is 5.92 Å². The van der Waals surface area contributed by atoms with E-state index in [1.165, 1.54) is 12.8 Å². The van der Waals surface area contributed by atoms with Gasteiger partial charge in [-0.05, 0) is 42.7 Å². The van der Waals surface area contributed by atoms with E-state index in [4.69, 9.17) is 4.74 Å². The Morgan fingerprint density at radius 1 is 1.26 bits per heavy atom. The van der Waals surface area contributed by atoms with Gasteiger partial charge in [-0.3, -0.25) is 4.79 Å². The molecule has 128 valence electrons. The highest BCUT2D eigenvalue weighted by Gasteiger charge is 2.34. The predicted octanol–water partition coefficient (Wildman–Crippen LogP) is 2.79. The van der Waals surface area contributed by atoms with Crippen molar-refractivity contribution < 1.29 is 9.53 Å². The van der Waals surface area contributed by atoms with Gasteiger partial charge in [0, 0.05) is 32.2 Å². The number of hydrogen-bond donors (Lipinski definition) is 2. The molecule has 0 aliphatic carbocycles. The highest BCUT2D eigenvalue weighted by molar-refractivity contribution is 5.85. The lowest BCUT2D eigenvalue weighted by atomic mass is 9.89. The molecule has 4 nitrogen and oxygen atoms in total. The summed E-state index contributed by atoms with van der Waals surface area (Å²) in [4.78, 5) is 12.2. The Hall–Kier alpha value is -1.10. The minimum absolute atomic E-state index is 0. The monoisotopic (exact) mass is 338 g/mol. The zero-order valence-corrected chi connectivity index (χ0v) is 14.5. The zero-order chi connectivity index (χ0) is 15.4. The lowest BCUT2D eigenvalue weighted by molar-refractivity contribution is -0.122. The molecule has 2 N–H and O–H groups in total. The van der Waals surface area contributed by atoms with E-state index in [2.05, 4.69) is 16.7 Å². The summed E-state index contributed by atoms with van der Waals surface area (Å²) in [6, 6.07) is 9.50. The number of benzene rings is 1. The van der Waals surface area contributed by atoms with Crippen LogP contribution in [0.25, 0.3) is 0 Å². The number of methoxy groups -OCH3 is 1. The fraction of sp³-hybridized carbons (Fsp3) is 0.611. The van der Waals surface area contributed by atoms with E-state index in [0.29, 0.717) is 37.6 Å². The van der Waals surface area contributed by atoms with Gasteiger partial charge in [-0.2, -0.15) is 0 Å². The van der Waals surface area contributed by atoms with Crippen molar-refractivity contribution in [3.8, 4) is 0 Å². The molecule has 1 aromatic carbocycles. The number of hydrogen-bond acceptors (Lipinski definition) is 3. The molecule has 2 unspecified atom stereocenters. The average Bonchev–Trinajstić information content (AvgIpc) is 2.85. The first kappa shape index (κ1) is 18.2.